The van der Waals surface area contributed by atoms with E-state index in [9.17, 15) is 14.0 Å². The van der Waals surface area contributed by atoms with Crippen molar-refractivity contribution in [2.45, 2.75) is 6.42 Å². The van der Waals surface area contributed by atoms with Gasteiger partial charge in [-0.1, -0.05) is 0 Å². The molecule has 1 aromatic carbocycles. The Balaban J connectivity index is 1.52. The number of amides is 1. The number of nitrogens with one attached hydrogen (secondary N) is 3. The van der Waals surface area contributed by atoms with Crippen molar-refractivity contribution in [3.8, 4) is 5.75 Å². The molecule has 0 aliphatic carbocycles. The lowest BCUT2D eigenvalue weighted by molar-refractivity contribution is 0.0942. The van der Waals surface area contributed by atoms with Crippen molar-refractivity contribution in [3.63, 3.8) is 0 Å². The minimum atomic E-state index is -0.550. The number of H-pyrrole nitrogens is 2. The maximum Gasteiger partial charge on any atom is 0.287 e. The highest BCUT2D eigenvalue weighted by Gasteiger charge is 2.07. The van der Waals surface area contributed by atoms with Gasteiger partial charge in [0, 0.05) is 36.5 Å². The molecule has 0 spiro atoms. The average molecular weight is 330 g/mol. The van der Waals surface area contributed by atoms with Gasteiger partial charge in [-0.25, -0.2) is 9.37 Å². The van der Waals surface area contributed by atoms with Crippen molar-refractivity contribution >= 4 is 16.8 Å². The van der Waals surface area contributed by atoms with Gasteiger partial charge >= 0.3 is 0 Å². The summed E-state index contributed by atoms with van der Waals surface area (Å²) in [6.07, 6.45) is 3.62. The Morgan fingerprint density at radius 3 is 3.00 bits per heavy atom. The molecular formula is C16H15FN4O3. The molecule has 0 aliphatic heterocycles. The zero-order valence-corrected chi connectivity index (χ0v) is 12.6. The number of aromatic amines is 2. The maximum absolute atomic E-state index is 13.9. The molecular weight excluding hydrogens is 315 g/mol. The summed E-state index contributed by atoms with van der Waals surface area (Å²) in [5.74, 6) is -0.224. The SMILES string of the molecule is O=C(NCCCOc1cc(F)c2[nH]c(=O)ccc2c1)c1ncc[nH]1. The average Bonchev–Trinajstić information content (AvgIpc) is 3.10. The third-order valence-corrected chi connectivity index (χ3v) is 3.35. The van der Waals surface area contributed by atoms with Crippen molar-refractivity contribution in [1.29, 1.82) is 0 Å². The normalized spacial score (nSPS) is 10.7. The van der Waals surface area contributed by atoms with Crippen LogP contribution in [-0.2, 0) is 0 Å². The lowest BCUT2D eigenvalue weighted by atomic mass is 10.2. The van der Waals surface area contributed by atoms with Crippen LogP contribution in [0, 0.1) is 5.82 Å². The second-order valence-corrected chi connectivity index (χ2v) is 5.09. The summed E-state index contributed by atoms with van der Waals surface area (Å²) < 4.78 is 19.4. The first-order valence-electron chi connectivity index (χ1n) is 7.36. The molecule has 124 valence electrons. The second kappa shape index (κ2) is 6.95. The number of ether oxygens (including phenoxy) is 1. The van der Waals surface area contributed by atoms with Gasteiger partial charge in [-0.3, -0.25) is 9.59 Å². The van der Waals surface area contributed by atoms with Crippen molar-refractivity contribution in [1.82, 2.24) is 20.3 Å². The number of benzene rings is 1. The van der Waals surface area contributed by atoms with Gasteiger partial charge in [0.2, 0.25) is 5.56 Å². The summed E-state index contributed by atoms with van der Waals surface area (Å²) in [7, 11) is 0. The third kappa shape index (κ3) is 3.60. The number of carbonyl (C=O) groups excluding carboxylic acids is 1. The topological polar surface area (TPSA) is 99.9 Å². The Labute approximate surface area is 135 Å². The van der Waals surface area contributed by atoms with Gasteiger partial charge in [-0.2, -0.15) is 0 Å². The summed E-state index contributed by atoms with van der Waals surface area (Å²) >= 11 is 0. The Morgan fingerprint density at radius 2 is 2.21 bits per heavy atom. The van der Waals surface area contributed by atoms with E-state index in [0.29, 0.717) is 30.7 Å². The molecule has 0 saturated carbocycles. The first-order valence-corrected chi connectivity index (χ1v) is 7.36. The van der Waals surface area contributed by atoms with Crippen LogP contribution >= 0.6 is 0 Å². The van der Waals surface area contributed by atoms with Crippen LogP contribution in [0.4, 0.5) is 4.39 Å². The van der Waals surface area contributed by atoms with Gasteiger partial charge in [-0.15, -0.1) is 0 Å². The van der Waals surface area contributed by atoms with E-state index in [1.54, 1.807) is 12.3 Å². The van der Waals surface area contributed by atoms with E-state index in [2.05, 4.69) is 20.3 Å². The van der Waals surface area contributed by atoms with Crippen LogP contribution in [0.5, 0.6) is 5.75 Å². The van der Waals surface area contributed by atoms with Crippen LogP contribution in [-0.4, -0.2) is 34.0 Å². The van der Waals surface area contributed by atoms with Crippen LogP contribution in [0.1, 0.15) is 17.0 Å². The summed E-state index contributed by atoms with van der Waals surface area (Å²) in [5, 5.41) is 3.24. The van der Waals surface area contributed by atoms with Gasteiger partial charge in [0.25, 0.3) is 5.91 Å². The fraction of sp³-hybridized carbons (Fsp3) is 0.188. The van der Waals surface area contributed by atoms with Crippen molar-refractivity contribution in [2.24, 2.45) is 0 Å². The smallest absolute Gasteiger partial charge is 0.287 e. The number of carbonyl (C=O) groups is 1. The molecule has 0 fully saturated rings. The zero-order chi connectivity index (χ0) is 16.9. The van der Waals surface area contributed by atoms with Gasteiger partial charge in [-0.05, 0) is 18.6 Å². The van der Waals surface area contributed by atoms with E-state index in [1.807, 2.05) is 0 Å². The number of aromatic nitrogens is 3. The van der Waals surface area contributed by atoms with Gasteiger partial charge in [0.15, 0.2) is 11.6 Å². The molecule has 0 atom stereocenters. The molecule has 8 heteroatoms. The van der Waals surface area contributed by atoms with Crippen molar-refractivity contribution in [3.05, 3.63) is 58.7 Å². The monoisotopic (exact) mass is 330 g/mol. The predicted molar refractivity (Wildman–Crippen MR) is 85.6 cm³/mol. The van der Waals surface area contributed by atoms with Crippen LogP contribution in [0.15, 0.2) is 41.5 Å². The molecule has 0 saturated heterocycles. The molecule has 0 unspecified atom stereocenters. The fourth-order valence-electron chi connectivity index (χ4n) is 2.22. The van der Waals surface area contributed by atoms with E-state index in [1.165, 1.54) is 24.4 Å². The summed E-state index contributed by atoms with van der Waals surface area (Å²) in [6.45, 7) is 0.718. The molecule has 1 amide bonds. The minimum Gasteiger partial charge on any atom is -0.493 e. The largest absolute Gasteiger partial charge is 0.493 e. The minimum absolute atomic E-state index is 0.153. The van der Waals surface area contributed by atoms with E-state index in [0.717, 1.165) is 0 Å². The van der Waals surface area contributed by atoms with Crippen molar-refractivity contribution in [2.75, 3.05) is 13.2 Å². The summed E-state index contributed by atoms with van der Waals surface area (Å²) in [6, 6.07) is 5.74. The van der Waals surface area contributed by atoms with Crippen molar-refractivity contribution < 1.29 is 13.9 Å². The maximum atomic E-state index is 13.9. The Kier molecular flexibility index (Phi) is 4.55. The highest BCUT2D eigenvalue weighted by Crippen LogP contribution is 2.21. The number of fused-ring (bicyclic) bond motifs is 1. The lowest BCUT2D eigenvalue weighted by Crippen LogP contribution is -2.26. The Morgan fingerprint density at radius 1 is 1.33 bits per heavy atom. The van der Waals surface area contributed by atoms with Gasteiger partial charge < -0.3 is 20.0 Å². The number of hydrogen-bond acceptors (Lipinski definition) is 4. The third-order valence-electron chi connectivity index (χ3n) is 3.35. The molecule has 0 aliphatic rings. The second-order valence-electron chi connectivity index (χ2n) is 5.09. The molecule has 2 heterocycles. The summed E-state index contributed by atoms with van der Waals surface area (Å²) in [5.41, 5.74) is -0.206. The molecule has 24 heavy (non-hydrogen) atoms. The van der Waals surface area contributed by atoms with Crippen LogP contribution < -0.4 is 15.6 Å². The molecule has 3 aromatic rings. The van der Waals surface area contributed by atoms with Crippen LogP contribution in [0.25, 0.3) is 10.9 Å². The number of halogens is 1. The van der Waals surface area contributed by atoms with Crippen LogP contribution in [0.2, 0.25) is 0 Å². The van der Waals surface area contributed by atoms with Crippen LogP contribution in [0.3, 0.4) is 0 Å². The molecule has 3 N–H and O–H groups in total. The first-order chi connectivity index (χ1) is 11.6. The zero-order valence-electron chi connectivity index (χ0n) is 12.6. The number of rotatable bonds is 6. The van der Waals surface area contributed by atoms with E-state index in [-0.39, 0.29) is 22.8 Å². The number of imidazole rings is 1. The molecule has 2 aromatic heterocycles. The van der Waals surface area contributed by atoms with E-state index in [4.69, 9.17) is 4.74 Å². The summed E-state index contributed by atoms with van der Waals surface area (Å²) in [4.78, 5) is 31.8. The standard InChI is InChI=1S/C16H15FN4O3/c17-12-9-11(8-10-2-3-13(22)21-14(10)12)24-7-1-4-20-16(23)15-18-5-6-19-15/h2-3,5-6,8-9H,1,4,7H2,(H,18,19)(H,20,23)(H,21,22). The predicted octanol–water partition coefficient (Wildman–Crippen LogP) is 1.59. The quantitative estimate of drug-likeness (QED) is 0.598. The molecule has 0 radical (unpaired) electrons. The van der Waals surface area contributed by atoms with E-state index >= 15 is 0 Å². The Hall–Kier alpha value is -3.16. The highest BCUT2D eigenvalue weighted by molar-refractivity contribution is 5.90. The molecule has 3 rings (SSSR count). The molecule has 0 bridgehead atoms. The van der Waals surface area contributed by atoms with Gasteiger partial charge in [0.05, 0.1) is 12.1 Å². The number of nitrogens with zero attached hydrogens (tertiary/aromatic N) is 1. The highest BCUT2D eigenvalue weighted by atomic mass is 19.1. The fourth-order valence-corrected chi connectivity index (χ4v) is 2.22. The number of hydrogen-bond donors (Lipinski definition) is 3. The molecule has 7 nitrogen and oxygen atoms in total. The van der Waals surface area contributed by atoms with E-state index < -0.39 is 5.82 Å². The first kappa shape index (κ1) is 15.7. The number of pyridine rings is 1. The lowest BCUT2D eigenvalue weighted by Gasteiger charge is -2.08. The van der Waals surface area contributed by atoms with Gasteiger partial charge in [0.1, 0.15) is 5.75 Å². The Bertz CT molecular complexity index is 905.